The fourth-order valence-corrected chi connectivity index (χ4v) is 1.16. The van der Waals surface area contributed by atoms with Crippen molar-refractivity contribution in [2.75, 3.05) is 0 Å². The first-order chi connectivity index (χ1) is 4.13. The van der Waals surface area contributed by atoms with E-state index < -0.39 is 0 Å². The molecule has 1 radical (unpaired) electrons. The van der Waals surface area contributed by atoms with Crippen molar-refractivity contribution in [3.8, 4) is 0 Å². The third-order valence-electron chi connectivity index (χ3n) is 2.24. The minimum atomic E-state index is 0. The summed E-state index contributed by atoms with van der Waals surface area (Å²) in [5.41, 5.74) is 4.25. The maximum Gasteiger partial charge on any atom is 0 e. The van der Waals surface area contributed by atoms with E-state index in [1.165, 1.54) is 16.7 Å². The topological polar surface area (TPSA) is 0 Å². The molecule has 0 aromatic heterocycles. The summed E-state index contributed by atoms with van der Waals surface area (Å²) < 4.78 is 0. The SMILES string of the molecule is CC1=[C-]C(C)C(C)=C1C.[La]. The van der Waals surface area contributed by atoms with E-state index in [9.17, 15) is 0 Å². The van der Waals surface area contributed by atoms with Crippen LogP contribution in [-0.4, -0.2) is 0 Å². The van der Waals surface area contributed by atoms with E-state index in [0.717, 1.165) is 0 Å². The van der Waals surface area contributed by atoms with E-state index in [4.69, 9.17) is 0 Å². The molecule has 1 aliphatic rings. The van der Waals surface area contributed by atoms with Gasteiger partial charge in [-0.15, -0.1) is 6.92 Å². The number of hydrogen-bond donors (Lipinski definition) is 0. The zero-order chi connectivity index (χ0) is 7.02. The van der Waals surface area contributed by atoms with Crippen LogP contribution in [0.1, 0.15) is 27.7 Å². The molecule has 53 valence electrons. The van der Waals surface area contributed by atoms with Crippen LogP contribution >= 0.6 is 0 Å². The zero-order valence-corrected chi connectivity index (χ0v) is 10.8. The summed E-state index contributed by atoms with van der Waals surface area (Å²) in [5, 5.41) is 0. The molecule has 0 nitrogen and oxygen atoms in total. The molecule has 0 bridgehead atoms. The van der Waals surface area contributed by atoms with Crippen molar-refractivity contribution < 1.29 is 35.6 Å². The van der Waals surface area contributed by atoms with E-state index in [0.29, 0.717) is 5.92 Å². The van der Waals surface area contributed by atoms with Crippen LogP contribution in [0.5, 0.6) is 0 Å². The average Bonchev–Trinajstić information content (AvgIpc) is 1.98. The van der Waals surface area contributed by atoms with Gasteiger partial charge in [0.25, 0.3) is 0 Å². The monoisotopic (exact) mass is 260 g/mol. The van der Waals surface area contributed by atoms with E-state index in [2.05, 4.69) is 33.8 Å². The molecule has 0 heterocycles. The zero-order valence-electron chi connectivity index (χ0n) is 7.15. The first-order valence-corrected chi connectivity index (χ1v) is 3.40. The Morgan fingerprint density at radius 3 is 1.80 bits per heavy atom. The van der Waals surface area contributed by atoms with Gasteiger partial charge in [0.15, 0.2) is 0 Å². The number of rotatable bonds is 0. The van der Waals surface area contributed by atoms with Crippen LogP contribution in [0.25, 0.3) is 0 Å². The Hall–Kier alpha value is 0.675. The molecule has 0 spiro atoms. The Balaban J connectivity index is 0.000000810. The molecule has 1 aliphatic carbocycles. The summed E-state index contributed by atoms with van der Waals surface area (Å²) in [5.74, 6) is 0.560. The molecule has 0 fully saturated rings. The van der Waals surface area contributed by atoms with Crippen LogP contribution in [0.15, 0.2) is 16.7 Å². The molecule has 1 atom stereocenters. The predicted molar refractivity (Wildman–Crippen MR) is 40.0 cm³/mol. The van der Waals surface area contributed by atoms with E-state index in [-0.39, 0.29) is 35.6 Å². The smallest absolute Gasteiger partial charge is 0 e. The van der Waals surface area contributed by atoms with Gasteiger partial charge in [0, 0.05) is 35.6 Å². The van der Waals surface area contributed by atoms with Crippen LogP contribution in [0.4, 0.5) is 0 Å². The molecule has 0 amide bonds. The van der Waals surface area contributed by atoms with Crippen molar-refractivity contribution in [2.24, 2.45) is 5.92 Å². The largest absolute Gasteiger partial charge is 0.266 e. The maximum absolute atomic E-state index is 3.36. The summed E-state index contributed by atoms with van der Waals surface area (Å²) in [6.07, 6.45) is 3.36. The Labute approximate surface area is 91.4 Å². The molecule has 0 N–H and O–H groups in total. The summed E-state index contributed by atoms with van der Waals surface area (Å²) in [4.78, 5) is 0. The van der Waals surface area contributed by atoms with Gasteiger partial charge in [0.2, 0.25) is 0 Å². The molecule has 1 heteroatoms. The van der Waals surface area contributed by atoms with Crippen LogP contribution < -0.4 is 0 Å². The van der Waals surface area contributed by atoms with Crippen molar-refractivity contribution in [3.05, 3.63) is 22.8 Å². The predicted octanol–water partition coefficient (Wildman–Crippen LogP) is 2.72. The summed E-state index contributed by atoms with van der Waals surface area (Å²) in [6, 6.07) is 0. The van der Waals surface area contributed by atoms with Gasteiger partial charge in [-0.2, -0.15) is 11.1 Å². The molecule has 1 unspecified atom stereocenters. The fourth-order valence-electron chi connectivity index (χ4n) is 1.16. The second-order valence-electron chi connectivity index (χ2n) is 2.80. The van der Waals surface area contributed by atoms with Crippen LogP contribution in [0, 0.1) is 47.6 Å². The second kappa shape index (κ2) is 3.89. The molecular weight excluding hydrogens is 247 g/mol. The maximum atomic E-state index is 3.36. The van der Waals surface area contributed by atoms with Crippen LogP contribution in [-0.2, 0) is 0 Å². The molecule has 1 rings (SSSR count). The fraction of sp³-hybridized carbons (Fsp3) is 0.556. The third-order valence-corrected chi connectivity index (χ3v) is 2.24. The quantitative estimate of drug-likeness (QED) is 0.587. The standard InChI is InChI=1S/C9H13.La/c1-6-5-7(2)9(4)8(6)3;/h6H,1-4H3;/q-1;. The van der Waals surface area contributed by atoms with Gasteiger partial charge in [0.05, 0.1) is 0 Å². The summed E-state index contributed by atoms with van der Waals surface area (Å²) >= 11 is 0. The average molecular weight is 260 g/mol. The van der Waals surface area contributed by atoms with Crippen LogP contribution in [0.2, 0.25) is 0 Å². The second-order valence-corrected chi connectivity index (χ2v) is 2.80. The summed E-state index contributed by atoms with van der Waals surface area (Å²) in [6.45, 7) is 8.67. The molecule has 0 saturated carbocycles. The van der Waals surface area contributed by atoms with Gasteiger partial charge in [-0.25, -0.2) is 5.57 Å². The van der Waals surface area contributed by atoms with Crippen molar-refractivity contribution in [1.29, 1.82) is 0 Å². The minimum Gasteiger partial charge on any atom is -0.266 e. The first kappa shape index (κ1) is 10.7. The number of hydrogen-bond acceptors (Lipinski definition) is 0. The Morgan fingerprint density at radius 2 is 1.70 bits per heavy atom. The van der Waals surface area contributed by atoms with E-state index in [1.54, 1.807) is 0 Å². The van der Waals surface area contributed by atoms with Crippen molar-refractivity contribution in [2.45, 2.75) is 27.7 Å². The molecule has 0 aromatic carbocycles. The first-order valence-electron chi connectivity index (χ1n) is 3.40. The third kappa shape index (κ3) is 1.84. The normalized spacial score (nSPS) is 24.4. The van der Waals surface area contributed by atoms with Crippen molar-refractivity contribution in [3.63, 3.8) is 0 Å². The van der Waals surface area contributed by atoms with Crippen molar-refractivity contribution in [1.82, 2.24) is 0 Å². The Kier molecular flexibility index (Phi) is 4.16. The van der Waals surface area contributed by atoms with Crippen molar-refractivity contribution >= 4 is 0 Å². The van der Waals surface area contributed by atoms with E-state index >= 15 is 0 Å². The number of allylic oxidation sites excluding steroid dienone is 4. The van der Waals surface area contributed by atoms with Gasteiger partial charge in [-0.1, -0.05) is 26.7 Å². The molecule has 0 aliphatic heterocycles. The minimum absolute atomic E-state index is 0. The van der Waals surface area contributed by atoms with Gasteiger partial charge in [-0.05, 0) is 0 Å². The molecule has 0 saturated heterocycles. The van der Waals surface area contributed by atoms with Gasteiger partial charge in [0.1, 0.15) is 0 Å². The van der Waals surface area contributed by atoms with Crippen LogP contribution in [0.3, 0.4) is 0 Å². The molecule has 10 heavy (non-hydrogen) atoms. The van der Waals surface area contributed by atoms with Gasteiger partial charge >= 0.3 is 0 Å². The molecule has 0 aromatic rings. The Bertz CT molecular complexity index is 187. The summed E-state index contributed by atoms with van der Waals surface area (Å²) in [7, 11) is 0. The van der Waals surface area contributed by atoms with Gasteiger partial charge in [-0.3, -0.25) is 6.08 Å². The van der Waals surface area contributed by atoms with E-state index in [1.807, 2.05) is 0 Å². The Morgan fingerprint density at radius 1 is 1.20 bits per heavy atom. The molecular formula is C9H13La-. The van der Waals surface area contributed by atoms with Gasteiger partial charge < -0.3 is 0 Å².